The van der Waals surface area contributed by atoms with Crippen LogP contribution in [0, 0.1) is 0 Å². The van der Waals surface area contributed by atoms with Crippen LogP contribution >= 0.6 is 11.8 Å². The molecule has 1 saturated heterocycles. The van der Waals surface area contributed by atoms with Gasteiger partial charge < -0.3 is 20.3 Å². The van der Waals surface area contributed by atoms with Gasteiger partial charge in [-0.05, 0) is 29.9 Å². The smallest absolute Gasteiger partial charge is 0.161 e. The third-order valence-corrected chi connectivity index (χ3v) is 4.13. The van der Waals surface area contributed by atoms with Gasteiger partial charge >= 0.3 is 0 Å². The summed E-state index contributed by atoms with van der Waals surface area (Å²) in [7, 11) is 1.61. The van der Waals surface area contributed by atoms with Crippen LogP contribution in [0.15, 0.2) is 18.2 Å². The molecule has 4 nitrogen and oxygen atoms in total. The van der Waals surface area contributed by atoms with Crippen LogP contribution in [0.4, 0.5) is 0 Å². The topological polar surface area (TPSA) is 64.7 Å². The summed E-state index contributed by atoms with van der Waals surface area (Å²) in [4.78, 5) is 0. The van der Waals surface area contributed by atoms with Crippen LogP contribution in [0.25, 0.3) is 0 Å². The number of benzene rings is 1. The van der Waals surface area contributed by atoms with Crippen LogP contribution in [0.2, 0.25) is 0 Å². The molecule has 2 unspecified atom stereocenters. The predicted molar refractivity (Wildman–Crippen MR) is 73.4 cm³/mol. The van der Waals surface area contributed by atoms with E-state index < -0.39 is 0 Å². The zero-order valence-electron chi connectivity index (χ0n) is 10.5. The molecule has 1 aromatic carbocycles. The molecular weight excluding hydrogens is 250 g/mol. The lowest BCUT2D eigenvalue weighted by Gasteiger charge is -2.17. The van der Waals surface area contributed by atoms with Gasteiger partial charge in [0.1, 0.15) is 6.10 Å². The van der Waals surface area contributed by atoms with Crippen molar-refractivity contribution in [1.82, 2.24) is 0 Å². The van der Waals surface area contributed by atoms with Crippen molar-refractivity contribution < 1.29 is 14.6 Å². The Morgan fingerprint density at radius 3 is 2.94 bits per heavy atom. The average Bonchev–Trinajstić information content (AvgIpc) is 2.91. The first-order valence-electron chi connectivity index (χ1n) is 6.03. The van der Waals surface area contributed by atoms with Gasteiger partial charge in [-0.3, -0.25) is 0 Å². The van der Waals surface area contributed by atoms with Crippen LogP contribution in [0.1, 0.15) is 18.0 Å². The van der Waals surface area contributed by atoms with Crippen molar-refractivity contribution in [2.45, 2.75) is 18.6 Å². The highest BCUT2D eigenvalue weighted by Gasteiger charge is 2.19. The van der Waals surface area contributed by atoms with Crippen LogP contribution < -0.4 is 15.2 Å². The lowest BCUT2D eigenvalue weighted by atomic mass is 10.1. The monoisotopic (exact) mass is 269 g/mol. The number of methoxy groups -OCH3 is 1. The summed E-state index contributed by atoms with van der Waals surface area (Å²) >= 11 is 1.91. The molecule has 18 heavy (non-hydrogen) atoms. The van der Waals surface area contributed by atoms with E-state index in [-0.39, 0.29) is 18.8 Å². The number of aliphatic hydroxyl groups excluding tert-OH is 1. The first-order valence-corrected chi connectivity index (χ1v) is 7.19. The molecule has 0 bridgehead atoms. The number of ether oxygens (including phenoxy) is 2. The van der Waals surface area contributed by atoms with Crippen LogP contribution in [0.3, 0.4) is 0 Å². The minimum Gasteiger partial charge on any atom is -0.493 e. The van der Waals surface area contributed by atoms with Gasteiger partial charge in [-0.2, -0.15) is 11.8 Å². The van der Waals surface area contributed by atoms with E-state index >= 15 is 0 Å². The van der Waals surface area contributed by atoms with Crippen molar-refractivity contribution >= 4 is 11.8 Å². The maximum Gasteiger partial charge on any atom is 0.161 e. The summed E-state index contributed by atoms with van der Waals surface area (Å²) < 4.78 is 11.2. The van der Waals surface area contributed by atoms with Gasteiger partial charge in [0.2, 0.25) is 0 Å². The minimum absolute atomic E-state index is 0.0807. The van der Waals surface area contributed by atoms with Crippen molar-refractivity contribution in [3.63, 3.8) is 0 Å². The number of hydrogen-bond acceptors (Lipinski definition) is 5. The second-order valence-electron chi connectivity index (χ2n) is 4.30. The lowest BCUT2D eigenvalue weighted by molar-refractivity contribution is 0.218. The van der Waals surface area contributed by atoms with Crippen molar-refractivity contribution in [2.75, 3.05) is 25.2 Å². The van der Waals surface area contributed by atoms with E-state index in [1.54, 1.807) is 7.11 Å². The molecule has 3 N–H and O–H groups in total. The highest BCUT2D eigenvalue weighted by atomic mass is 32.2. The number of hydrogen-bond donors (Lipinski definition) is 2. The molecule has 1 aliphatic rings. The molecule has 1 aromatic rings. The third-order valence-electron chi connectivity index (χ3n) is 2.99. The van der Waals surface area contributed by atoms with E-state index in [1.807, 2.05) is 30.0 Å². The van der Waals surface area contributed by atoms with Gasteiger partial charge in [-0.25, -0.2) is 0 Å². The number of rotatable bonds is 5. The van der Waals surface area contributed by atoms with Crippen LogP contribution in [-0.2, 0) is 0 Å². The Bertz CT molecular complexity index is 394. The maximum absolute atomic E-state index is 9.05. The maximum atomic E-state index is 9.05. The molecule has 5 heteroatoms. The largest absolute Gasteiger partial charge is 0.493 e. The van der Waals surface area contributed by atoms with Gasteiger partial charge in [0.15, 0.2) is 11.5 Å². The van der Waals surface area contributed by atoms with Gasteiger partial charge in [0.25, 0.3) is 0 Å². The van der Waals surface area contributed by atoms with Crippen LogP contribution in [-0.4, -0.2) is 36.4 Å². The highest BCUT2D eigenvalue weighted by molar-refractivity contribution is 7.99. The Hall–Kier alpha value is -0.910. The average molecular weight is 269 g/mol. The Balaban J connectivity index is 2.14. The third kappa shape index (κ3) is 3.10. The van der Waals surface area contributed by atoms with Crippen molar-refractivity contribution in [3.8, 4) is 11.5 Å². The Kier molecular flexibility index (Phi) is 4.74. The van der Waals surface area contributed by atoms with Gasteiger partial charge in [0.05, 0.1) is 19.8 Å². The lowest BCUT2D eigenvalue weighted by Crippen LogP contribution is -2.17. The zero-order chi connectivity index (χ0) is 13.0. The summed E-state index contributed by atoms with van der Waals surface area (Å²) in [6.45, 7) is -0.0807. The first kappa shape index (κ1) is 13.5. The Morgan fingerprint density at radius 2 is 2.33 bits per heavy atom. The summed E-state index contributed by atoms with van der Waals surface area (Å²) in [5.74, 6) is 3.61. The quantitative estimate of drug-likeness (QED) is 0.849. The molecule has 0 saturated carbocycles. The summed E-state index contributed by atoms with van der Waals surface area (Å²) in [6, 6.07) is 5.20. The van der Waals surface area contributed by atoms with E-state index in [0.717, 1.165) is 29.2 Å². The number of thioether (sulfide) groups is 1. The normalized spacial score (nSPS) is 20.7. The molecular formula is C13H19NO3S. The number of aliphatic hydroxyl groups is 1. The first-order chi connectivity index (χ1) is 8.74. The Labute approximate surface area is 111 Å². The zero-order valence-corrected chi connectivity index (χ0v) is 11.3. The molecule has 0 amide bonds. The van der Waals surface area contributed by atoms with Gasteiger partial charge in [-0.15, -0.1) is 0 Å². The number of nitrogens with two attached hydrogens (primary N) is 1. The summed E-state index contributed by atoms with van der Waals surface area (Å²) in [5.41, 5.74) is 6.63. The van der Waals surface area contributed by atoms with Gasteiger partial charge in [-0.1, -0.05) is 6.07 Å². The standard InChI is InChI=1S/C13H19NO3S/c1-16-13-6-9(11(14)7-15)2-3-12(13)17-10-4-5-18-8-10/h2-3,6,10-11,15H,4-5,7-8,14H2,1H3. The predicted octanol–water partition coefficient (Wildman–Crippen LogP) is 1.57. The van der Waals surface area contributed by atoms with Crippen molar-refractivity contribution in [3.05, 3.63) is 23.8 Å². The van der Waals surface area contributed by atoms with Crippen molar-refractivity contribution in [2.24, 2.45) is 5.73 Å². The van der Waals surface area contributed by atoms with E-state index in [2.05, 4.69) is 0 Å². The molecule has 0 radical (unpaired) electrons. The molecule has 2 rings (SSSR count). The Morgan fingerprint density at radius 1 is 1.50 bits per heavy atom. The van der Waals surface area contributed by atoms with E-state index in [4.69, 9.17) is 20.3 Å². The van der Waals surface area contributed by atoms with Gasteiger partial charge in [0, 0.05) is 5.75 Å². The fourth-order valence-electron chi connectivity index (χ4n) is 1.90. The van der Waals surface area contributed by atoms with Crippen molar-refractivity contribution in [1.29, 1.82) is 0 Å². The van der Waals surface area contributed by atoms with E-state index in [0.29, 0.717) is 5.75 Å². The molecule has 1 heterocycles. The minimum atomic E-state index is -0.380. The fourth-order valence-corrected chi connectivity index (χ4v) is 3.00. The molecule has 2 atom stereocenters. The molecule has 1 aliphatic heterocycles. The SMILES string of the molecule is COc1cc(C(N)CO)ccc1OC1CCSC1. The molecule has 0 aromatic heterocycles. The second kappa shape index (κ2) is 6.31. The second-order valence-corrected chi connectivity index (χ2v) is 5.45. The van der Waals surface area contributed by atoms with E-state index in [9.17, 15) is 0 Å². The van der Waals surface area contributed by atoms with Crippen LogP contribution in [0.5, 0.6) is 11.5 Å². The summed E-state index contributed by atoms with van der Waals surface area (Å²) in [6.07, 6.45) is 1.34. The molecule has 0 aliphatic carbocycles. The molecule has 100 valence electrons. The molecule has 1 fully saturated rings. The summed E-state index contributed by atoms with van der Waals surface area (Å²) in [5, 5.41) is 9.05. The molecule has 0 spiro atoms. The van der Waals surface area contributed by atoms with E-state index in [1.165, 1.54) is 0 Å². The highest BCUT2D eigenvalue weighted by Crippen LogP contribution is 2.32. The fraction of sp³-hybridized carbons (Fsp3) is 0.538.